The number of carbonyl (C=O) groups is 1. The molecule has 0 aliphatic carbocycles. The van der Waals surface area contributed by atoms with Crippen LogP contribution in [0.3, 0.4) is 0 Å². The normalized spacial score (nSPS) is 20.6. The number of piperidine rings is 1. The van der Waals surface area contributed by atoms with E-state index < -0.39 is 5.97 Å². The molecule has 0 saturated carbocycles. The number of hydrogen-bond acceptors (Lipinski definition) is 3. The van der Waals surface area contributed by atoms with Crippen molar-refractivity contribution in [3.05, 3.63) is 29.8 Å². The van der Waals surface area contributed by atoms with Gasteiger partial charge in [0, 0.05) is 6.04 Å². The molecule has 1 heterocycles. The second kappa shape index (κ2) is 5.87. The number of nitrogens with zero attached hydrogens (tertiary/aromatic N) is 1. The molecular weight excluding hydrogens is 230 g/mol. The number of benzene rings is 1. The number of likely N-dealkylation sites (N-methyl/N-ethyl adjacent to an activating group) is 1. The van der Waals surface area contributed by atoms with E-state index >= 15 is 0 Å². The zero-order valence-electron chi connectivity index (χ0n) is 10.6. The molecule has 4 nitrogen and oxygen atoms in total. The van der Waals surface area contributed by atoms with Crippen molar-refractivity contribution in [3.63, 3.8) is 0 Å². The highest BCUT2D eigenvalue weighted by Crippen LogP contribution is 2.18. The van der Waals surface area contributed by atoms with Gasteiger partial charge in [0.25, 0.3) is 0 Å². The van der Waals surface area contributed by atoms with Crippen LogP contribution in [0.1, 0.15) is 29.6 Å². The van der Waals surface area contributed by atoms with Crippen molar-refractivity contribution in [2.75, 3.05) is 20.2 Å². The van der Waals surface area contributed by atoms with Gasteiger partial charge in [-0.15, -0.1) is 0 Å². The van der Waals surface area contributed by atoms with Crippen molar-refractivity contribution in [3.8, 4) is 5.75 Å². The maximum Gasteiger partial charge on any atom is 0.335 e. The number of carboxylic acid groups (broad SMARTS) is 1. The molecule has 1 saturated heterocycles. The van der Waals surface area contributed by atoms with E-state index in [1.54, 1.807) is 24.3 Å². The lowest BCUT2D eigenvalue weighted by molar-refractivity contribution is 0.0697. The number of likely N-dealkylation sites (tertiary alicyclic amines) is 1. The summed E-state index contributed by atoms with van der Waals surface area (Å²) in [5.74, 6) is -0.174. The first-order chi connectivity index (χ1) is 8.66. The summed E-state index contributed by atoms with van der Waals surface area (Å²) in [6.07, 6.45) is 3.69. The number of rotatable bonds is 4. The highest BCUT2D eigenvalue weighted by molar-refractivity contribution is 5.87. The van der Waals surface area contributed by atoms with Gasteiger partial charge >= 0.3 is 5.97 Å². The van der Waals surface area contributed by atoms with Crippen molar-refractivity contribution < 1.29 is 14.6 Å². The van der Waals surface area contributed by atoms with Crippen LogP contribution in [0.5, 0.6) is 5.75 Å². The summed E-state index contributed by atoms with van der Waals surface area (Å²) in [5.41, 5.74) is 0.289. The van der Waals surface area contributed by atoms with E-state index in [1.165, 1.54) is 19.3 Å². The third-order valence-corrected chi connectivity index (χ3v) is 3.47. The van der Waals surface area contributed by atoms with Crippen molar-refractivity contribution >= 4 is 5.97 Å². The molecular formula is C14H19NO3. The highest BCUT2D eigenvalue weighted by atomic mass is 16.5. The molecule has 1 aromatic rings. The van der Waals surface area contributed by atoms with Crippen LogP contribution < -0.4 is 4.74 Å². The van der Waals surface area contributed by atoms with Gasteiger partial charge in [-0.25, -0.2) is 4.79 Å². The Labute approximate surface area is 107 Å². The molecule has 98 valence electrons. The summed E-state index contributed by atoms with van der Waals surface area (Å²) in [6, 6.07) is 7.04. The Kier molecular flexibility index (Phi) is 4.20. The average molecular weight is 249 g/mol. The van der Waals surface area contributed by atoms with Crippen molar-refractivity contribution in [1.29, 1.82) is 0 Å². The molecule has 0 bridgehead atoms. The van der Waals surface area contributed by atoms with Gasteiger partial charge in [0.2, 0.25) is 0 Å². The second-order valence-corrected chi connectivity index (χ2v) is 4.77. The molecule has 0 spiro atoms. The Morgan fingerprint density at radius 1 is 1.39 bits per heavy atom. The summed E-state index contributed by atoms with van der Waals surface area (Å²) in [4.78, 5) is 13.0. The molecule has 0 radical (unpaired) electrons. The molecule has 4 heteroatoms. The first kappa shape index (κ1) is 12.9. The standard InChI is InChI=1S/C14H19NO3/c1-15-9-3-2-4-12(15)10-18-13-7-5-11(6-8-13)14(16)17/h5-8,12H,2-4,9-10H2,1H3,(H,16,17). The molecule has 1 fully saturated rings. The first-order valence-electron chi connectivity index (χ1n) is 6.33. The Hall–Kier alpha value is -1.55. The summed E-state index contributed by atoms with van der Waals surface area (Å²) >= 11 is 0. The molecule has 1 aliphatic rings. The van der Waals surface area contributed by atoms with Crippen LogP contribution in [0.25, 0.3) is 0 Å². The maximum absolute atomic E-state index is 10.7. The Balaban J connectivity index is 1.87. The zero-order chi connectivity index (χ0) is 13.0. The fourth-order valence-electron chi connectivity index (χ4n) is 2.24. The monoisotopic (exact) mass is 249 g/mol. The third-order valence-electron chi connectivity index (χ3n) is 3.47. The summed E-state index contributed by atoms with van der Waals surface area (Å²) in [5, 5.41) is 8.80. The lowest BCUT2D eigenvalue weighted by atomic mass is 10.0. The van der Waals surface area contributed by atoms with Gasteiger partial charge < -0.3 is 14.7 Å². The van der Waals surface area contributed by atoms with Gasteiger partial charge in [-0.05, 0) is 50.7 Å². The Morgan fingerprint density at radius 2 is 2.11 bits per heavy atom. The van der Waals surface area contributed by atoms with E-state index in [0.29, 0.717) is 12.6 Å². The molecule has 0 aromatic heterocycles. The highest BCUT2D eigenvalue weighted by Gasteiger charge is 2.19. The minimum absolute atomic E-state index is 0.289. The molecule has 1 atom stereocenters. The van der Waals surface area contributed by atoms with Gasteiger partial charge in [-0.3, -0.25) is 0 Å². The van der Waals surface area contributed by atoms with E-state index in [4.69, 9.17) is 9.84 Å². The maximum atomic E-state index is 10.7. The Bertz CT molecular complexity index is 402. The summed E-state index contributed by atoms with van der Waals surface area (Å²) in [7, 11) is 2.13. The topological polar surface area (TPSA) is 49.8 Å². The fraction of sp³-hybridized carbons (Fsp3) is 0.500. The van der Waals surface area contributed by atoms with E-state index in [-0.39, 0.29) is 5.56 Å². The van der Waals surface area contributed by atoms with Gasteiger partial charge in [-0.2, -0.15) is 0 Å². The smallest absolute Gasteiger partial charge is 0.335 e. The minimum atomic E-state index is -0.909. The number of carboxylic acids is 1. The van der Waals surface area contributed by atoms with E-state index in [9.17, 15) is 4.79 Å². The predicted octanol–water partition coefficient (Wildman–Crippen LogP) is 2.25. The van der Waals surface area contributed by atoms with Crippen LogP contribution in [0.15, 0.2) is 24.3 Å². The second-order valence-electron chi connectivity index (χ2n) is 4.77. The van der Waals surface area contributed by atoms with Crippen molar-refractivity contribution in [1.82, 2.24) is 4.90 Å². The fourth-order valence-corrected chi connectivity index (χ4v) is 2.24. The molecule has 0 amide bonds. The SMILES string of the molecule is CN1CCCCC1COc1ccc(C(=O)O)cc1. The molecule has 18 heavy (non-hydrogen) atoms. The quantitative estimate of drug-likeness (QED) is 0.889. The number of aromatic carboxylic acids is 1. The zero-order valence-corrected chi connectivity index (χ0v) is 10.6. The third kappa shape index (κ3) is 3.23. The molecule has 1 unspecified atom stereocenters. The van der Waals surface area contributed by atoms with Crippen molar-refractivity contribution in [2.24, 2.45) is 0 Å². The number of hydrogen-bond donors (Lipinski definition) is 1. The van der Waals surface area contributed by atoms with E-state index in [1.807, 2.05) is 0 Å². The van der Waals surface area contributed by atoms with E-state index in [0.717, 1.165) is 12.3 Å². The molecule has 1 N–H and O–H groups in total. The van der Waals surface area contributed by atoms with Crippen LogP contribution in [0, 0.1) is 0 Å². The lowest BCUT2D eigenvalue weighted by Crippen LogP contribution is -2.40. The van der Waals surface area contributed by atoms with Crippen LogP contribution in [-0.2, 0) is 0 Å². The largest absolute Gasteiger partial charge is 0.492 e. The van der Waals surface area contributed by atoms with E-state index in [2.05, 4.69) is 11.9 Å². The van der Waals surface area contributed by atoms with Crippen LogP contribution in [0.2, 0.25) is 0 Å². The summed E-state index contributed by atoms with van der Waals surface area (Å²) in [6.45, 7) is 1.80. The van der Waals surface area contributed by atoms with Gasteiger partial charge in [0.15, 0.2) is 0 Å². The average Bonchev–Trinajstić information content (AvgIpc) is 2.38. The predicted molar refractivity (Wildman–Crippen MR) is 69.2 cm³/mol. The van der Waals surface area contributed by atoms with Gasteiger partial charge in [0.05, 0.1) is 5.56 Å². The first-order valence-corrected chi connectivity index (χ1v) is 6.33. The molecule has 2 rings (SSSR count). The minimum Gasteiger partial charge on any atom is -0.492 e. The van der Waals surface area contributed by atoms with Gasteiger partial charge in [-0.1, -0.05) is 6.42 Å². The Morgan fingerprint density at radius 3 is 2.72 bits per heavy atom. The lowest BCUT2D eigenvalue weighted by Gasteiger charge is -2.32. The molecule has 1 aliphatic heterocycles. The molecule has 1 aromatic carbocycles. The van der Waals surface area contributed by atoms with Gasteiger partial charge in [0.1, 0.15) is 12.4 Å². The van der Waals surface area contributed by atoms with Crippen LogP contribution >= 0.6 is 0 Å². The van der Waals surface area contributed by atoms with Crippen LogP contribution in [0.4, 0.5) is 0 Å². The summed E-state index contributed by atoms with van der Waals surface area (Å²) < 4.78 is 5.72. The number of ether oxygens (including phenoxy) is 1. The van der Waals surface area contributed by atoms with Crippen LogP contribution in [-0.4, -0.2) is 42.2 Å². The van der Waals surface area contributed by atoms with Crippen molar-refractivity contribution in [2.45, 2.75) is 25.3 Å².